The van der Waals surface area contributed by atoms with Crippen molar-refractivity contribution in [3.63, 3.8) is 0 Å². The van der Waals surface area contributed by atoms with Crippen LogP contribution < -0.4 is 5.32 Å². The molecule has 2 N–H and O–H groups in total. The fraction of sp³-hybridized carbons (Fsp3) is 0.235. The van der Waals surface area contributed by atoms with Crippen molar-refractivity contribution in [1.82, 2.24) is 24.6 Å². The van der Waals surface area contributed by atoms with E-state index in [0.717, 1.165) is 11.3 Å². The van der Waals surface area contributed by atoms with Gasteiger partial charge in [-0.15, -0.1) is 0 Å². The van der Waals surface area contributed by atoms with Crippen molar-refractivity contribution in [3.8, 4) is 22.8 Å². The van der Waals surface area contributed by atoms with Crippen LogP contribution in [-0.2, 0) is 11.3 Å². The van der Waals surface area contributed by atoms with Crippen molar-refractivity contribution >= 4 is 17.5 Å². The molecule has 0 aliphatic rings. The molecule has 3 aromatic rings. The van der Waals surface area contributed by atoms with Crippen LogP contribution in [0.15, 0.2) is 43.0 Å². The number of nitrogens with zero attached hydrogens (tertiary/aromatic N) is 4. The fourth-order valence-electron chi connectivity index (χ4n) is 2.52. The molecule has 0 radical (unpaired) electrons. The maximum Gasteiger partial charge on any atom is 0.219 e. The number of aromatic hydroxyl groups is 1. The highest BCUT2D eigenvalue weighted by molar-refractivity contribution is 6.33. The SMILES string of the molecule is CNC(=O)CCCn1cc(-n2ccnc2-c2ccc(O)cc2Cl)cn1. The number of carbonyl (C=O) groups excluding carboxylic acids is 1. The molecule has 0 atom stereocenters. The standard InChI is InChI=1S/C17H18ClN5O2/c1-19-16(25)3-2-7-22-11-12(10-21-22)23-8-6-20-17(23)14-5-4-13(24)9-15(14)18/h4-6,8-11,24H,2-3,7H2,1H3,(H,19,25). The number of hydrogen-bond donors (Lipinski definition) is 2. The number of carbonyl (C=O) groups is 1. The van der Waals surface area contributed by atoms with Gasteiger partial charge in [0.15, 0.2) is 0 Å². The number of aromatic nitrogens is 4. The van der Waals surface area contributed by atoms with Gasteiger partial charge in [-0.25, -0.2) is 4.98 Å². The minimum Gasteiger partial charge on any atom is -0.508 e. The van der Waals surface area contributed by atoms with Crippen molar-refractivity contribution in [2.24, 2.45) is 0 Å². The van der Waals surface area contributed by atoms with E-state index in [9.17, 15) is 9.90 Å². The highest BCUT2D eigenvalue weighted by atomic mass is 35.5. The van der Waals surface area contributed by atoms with E-state index < -0.39 is 0 Å². The number of nitrogens with one attached hydrogen (secondary N) is 1. The van der Waals surface area contributed by atoms with Gasteiger partial charge in [-0.05, 0) is 24.6 Å². The summed E-state index contributed by atoms with van der Waals surface area (Å²) in [5.41, 5.74) is 1.56. The molecule has 2 aromatic heterocycles. The molecular formula is C17H18ClN5O2. The number of phenolic OH excluding ortho intramolecular Hbond substituents is 1. The fourth-order valence-corrected chi connectivity index (χ4v) is 2.78. The molecular weight excluding hydrogens is 342 g/mol. The second-order valence-electron chi connectivity index (χ2n) is 5.52. The van der Waals surface area contributed by atoms with Crippen molar-refractivity contribution in [3.05, 3.63) is 48.0 Å². The van der Waals surface area contributed by atoms with E-state index in [-0.39, 0.29) is 11.7 Å². The van der Waals surface area contributed by atoms with E-state index in [1.165, 1.54) is 6.07 Å². The largest absolute Gasteiger partial charge is 0.508 e. The second kappa shape index (κ2) is 7.40. The van der Waals surface area contributed by atoms with Crippen LogP contribution in [0, 0.1) is 0 Å². The van der Waals surface area contributed by atoms with Gasteiger partial charge in [0.25, 0.3) is 0 Å². The Morgan fingerprint density at radius 2 is 2.24 bits per heavy atom. The van der Waals surface area contributed by atoms with Crippen molar-refractivity contribution in [2.45, 2.75) is 19.4 Å². The summed E-state index contributed by atoms with van der Waals surface area (Å²) in [5.74, 6) is 0.789. The Kier molecular flexibility index (Phi) is 5.04. The number of hydrogen-bond acceptors (Lipinski definition) is 4. The quantitative estimate of drug-likeness (QED) is 0.708. The van der Waals surface area contributed by atoms with Crippen LogP contribution in [0.1, 0.15) is 12.8 Å². The predicted molar refractivity (Wildman–Crippen MR) is 94.8 cm³/mol. The van der Waals surface area contributed by atoms with Crippen LogP contribution in [0.25, 0.3) is 17.1 Å². The Labute approximate surface area is 149 Å². The lowest BCUT2D eigenvalue weighted by atomic mass is 10.2. The van der Waals surface area contributed by atoms with Crippen LogP contribution in [0.5, 0.6) is 5.75 Å². The van der Waals surface area contributed by atoms with Gasteiger partial charge in [0, 0.05) is 44.2 Å². The highest BCUT2D eigenvalue weighted by Gasteiger charge is 2.13. The molecule has 0 spiro atoms. The molecule has 0 fully saturated rings. The molecule has 0 aliphatic heterocycles. The minimum absolute atomic E-state index is 0.0197. The smallest absolute Gasteiger partial charge is 0.219 e. The number of imidazole rings is 1. The number of amides is 1. The normalized spacial score (nSPS) is 10.8. The van der Waals surface area contributed by atoms with Crippen LogP contribution in [0.4, 0.5) is 0 Å². The Morgan fingerprint density at radius 3 is 3.00 bits per heavy atom. The number of aryl methyl sites for hydroxylation is 1. The molecule has 1 aromatic carbocycles. The Bertz CT molecular complexity index is 887. The molecule has 8 heteroatoms. The van der Waals surface area contributed by atoms with Gasteiger partial charge >= 0.3 is 0 Å². The lowest BCUT2D eigenvalue weighted by Gasteiger charge is -2.07. The number of halogens is 1. The third-order valence-electron chi connectivity index (χ3n) is 3.80. The molecule has 2 heterocycles. The first-order chi connectivity index (χ1) is 12.1. The van der Waals surface area contributed by atoms with E-state index in [1.807, 2.05) is 17.0 Å². The van der Waals surface area contributed by atoms with Crippen molar-refractivity contribution in [2.75, 3.05) is 7.05 Å². The molecule has 7 nitrogen and oxygen atoms in total. The Morgan fingerprint density at radius 1 is 1.40 bits per heavy atom. The zero-order chi connectivity index (χ0) is 17.8. The molecule has 0 aliphatic carbocycles. The van der Waals surface area contributed by atoms with E-state index >= 15 is 0 Å². The lowest BCUT2D eigenvalue weighted by molar-refractivity contribution is -0.120. The minimum atomic E-state index is 0.0197. The molecule has 0 bridgehead atoms. The lowest BCUT2D eigenvalue weighted by Crippen LogP contribution is -2.17. The van der Waals surface area contributed by atoms with Crippen molar-refractivity contribution < 1.29 is 9.90 Å². The van der Waals surface area contributed by atoms with E-state index in [4.69, 9.17) is 11.6 Å². The first-order valence-electron chi connectivity index (χ1n) is 7.84. The third-order valence-corrected chi connectivity index (χ3v) is 4.11. The van der Waals surface area contributed by atoms with Crippen LogP contribution in [-0.4, -0.2) is 37.4 Å². The number of phenols is 1. The molecule has 1 amide bonds. The topological polar surface area (TPSA) is 85.0 Å². The predicted octanol–water partition coefficient (Wildman–Crippen LogP) is 2.62. The van der Waals surface area contributed by atoms with Crippen LogP contribution in [0.2, 0.25) is 5.02 Å². The summed E-state index contributed by atoms with van der Waals surface area (Å²) in [7, 11) is 1.63. The summed E-state index contributed by atoms with van der Waals surface area (Å²) in [6, 6.07) is 4.78. The van der Waals surface area contributed by atoms with Gasteiger partial charge in [0.05, 0.1) is 16.9 Å². The zero-order valence-corrected chi connectivity index (χ0v) is 14.4. The zero-order valence-electron chi connectivity index (χ0n) is 13.7. The average molecular weight is 360 g/mol. The number of benzene rings is 1. The molecule has 0 saturated carbocycles. The van der Waals surface area contributed by atoms with E-state index in [2.05, 4.69) is 15.4 Å². The molecule has 0 saturated heterocycles. The van der Waals surface area contributed by atoms with Crippen LogP contribution in [0.3, 0.4) is 0 Å². The first kappa shape index (κ1) is 17.0. The third kappa shape index (κ3) is 3.83. The van der Waals surface area contributed by atoms with Crippen LogP contribution >= 0.6 is 11.6 Å². The Hall–Kier alpha value is -2.80. The van der Waals surface area contributed by atoms with Gasteiger partial charge < -0.3 is 10.4 Å². The van der Waals surface area contributed by atoms with Gasteiger partial charge in [0.2, 0.25) is 5.91 Å². The second-order valence-corrected chi connectivity index (χ2v) is 5.93. The summed E-state index contributed by atoms with van der Waals surface area (Å²) in [5, 5.41) is 16.9. The summed E-state index contributed by atoms with van der Waals surface area (Å²) in [6.07, 6.45) is 8.31. The summed E-state index contributed by atoms with van der Waals surface area (Å²) in [6.45, 7) is 0.650. The average Bonchev–Trinajstić information content (AvgIpc) is 3.23. The van der Waals surface area contributed by atoms with Gasteiger partial charge in [-0.3, -0.25) is 14.0 Å². The van der Waals surface area contributed by atoms with Gasteiger partial charge in [-0.1, -0.05) is 11.6 Å². The molecule has 130 valence electrons. The molecule has 0 unspecified atom stereocenters. The number of rotatable bonds is 6. The monoisotopic (exact) mass is 359 g/mol. The maximum atomic E-state index is 11.3. The van der Waals surface area contributed by atoms with Gasteiger partial charge in [-0.2, -0.15) is 5.10 Å². The Balaban J connectivity index is 1.80. The van der Waals surface area contributed by atoms with Crippen molar-refractivity contribution in [1.29, 1.82) is 0 Å². The maximum absolute atomic E-state index is 11.3. The van der Waals surface area contributed by atoms with E-state index in [1.54, 1.807) is 36.3 Å². The van der Waals surface area contributed by atoms with Gasteiger partial charge in [0.1, 0.15) is 11.6 Å². The summed E-state index contributed by atoms with van der Waals surface area (Å²) in [4.78, 5) is 15.6. The highest BCUT2D eigenvalue weighted by Crippen LogP contribution is 2.31. The molecule has 25 heavy (non-hydrogen) atoms. The first-order valence-corrected chi connectivity index (χ1v) is 8.22. The summed E-state index contributed by atoms with van der Waals surface area (Å²) >= 11 is 6.23. The summed E-state index contributed by atoms with van der Waals surface area (Å²) < 4.78 is 3.67. The van der Waals surface area contributed by atoms with E-state index in [0.29, 0.717) is 30.2 Å². The molecule has 3 rings (SSSR count).